The topological polar surface area (TPSA) is 50.8 Å². The number of ether oxygens (including phenoxy) is 2. The summed E-state index contributed by atoms with van der Waals surface area (Å²) in [5.41, 5.74) is 2.05. The van der Waals surface area contributed by atoms with Gasteiger partial charge in [0, 0.05) is 18.8 Å². The van der Waals surface area contributed by atoms with Crippen LogP contribution in [0.1, 0.15) is 46.1 Å². The van der Waals surface area contributed by atoms with E-state index in [1.807, 2.05) is 48.5 Å². The quantitative estimate of drug-likeness (QED) is 0.739. The molecule has 0 aliphatic carbocycles. The Balaban J connectivity index is 1.50. The van der Waals surface area contributed by atoms with Gasteiger partial charge in [-0.15, -0.1) is 0 Å². The molecule has 0 radical (unpaired) electrons. The Morgan fingerprint density at radius 1 is 1.00 bits per heavy atom. The summed E-state index contributed by atoms with van der Waals surface area (Å²) in [6.07, 6.45) is 1.75. The van der Waals surface area contributed by atoms with Crippen LogP contribution in [0.5, 0.6) is 11.5 Å². The Hall–Kier alpha value is -2.53. The fourth-order valence-corrected chi connectivity index (χ4v) is 3.45. The molecule has 1 aliphatic rings. The first-order valence-corrected chi connectivity index (χ1v) is 10.7. The molecule has 1 saturated heterocycles. The first-order chi connectivity index (χ1) is 14.2. The number of anilines is 1. The molecule has 1 N–H and O–H groups in total. The molecule has 1 fully saturated rings. The van der Waals surface area contributed by atoms with Gasteiger partial charge in [-0.2, -0.15) is 0 Å². The van der Waals surface area contributed by atoms with Crippen molar-refractivity contribution < 1.29 is 14.3 Å². The lowest BCUT2D eigenvalue weighted by Gasteiger charge is -2.29. The Kier molecular flexibility index (Phi) is 7.03. The van der Waals surface area contributed by atoms with Gasteiger partial charge in [-0.1, -0.05) is 32.9 Å². The van der Waals surface area contributed by atoms with Crippen LogP contribution in [0.3, 0.4) is 0 Å². The van der Waals surface area contributed by atoms with Crippen molar-refractivity contribution >= 4 is 11.6 Å². The van der Waals surface area contributed by atoms with E-state index in [2.05, 4.69) is 38.0 Å². The molecule has 1 unspecified atom stereocenters. The van der Waals surface area contributed by atoms with Gasteiger partial charge in [0.2, 0.25) is 0 Å². The van der Waals surface area contributed by atoms with Crippen molar-refractivity contribution in [1.82, 2.24) is 4.90 Å². The van der Waals surface area contributed by atoms with E-state index in [9.17, 15) is 4.79 Å². The zero-order chi connectivity index (χ0) is 21.7. The molecule has 30 heavy (non-hydrogen) atoms. The molecule has 1 amide bonds. The van der Waals surface area contributed by atoms with Crippen LogP contribution in [0.15, 0.2) is 48.5 Å². The molecule has 5 nitrogen and oxygen atoms in total. The van der Waals surface area contributed by atoms with E-state index in [0.29, 0.717) is 5.75 Å². The summed E-state index contributed by atoms with van der Waals surface area (Å²) < 4.78 is 11.9. The second-order valence-electron chi connectivity index (χ2n) is 9.17. The van der Waals surface area contributed by atoms with Crippen LogP contribution < -0.4 is 14.8 Å². The summed E-state index contributed by atoms with van der Waals surface area (Å²) in [7, 11) is 2.14. The van der Waals surface area contributed by atoms with Gasteiger partial charge >= 0.3 is 0 Å². The van der Waals surface area contributed by atoms with E-state index >= 15 is 0 Å². The lowest BCUT2D eigenvalue weighted by Crippen LogP contribution is -2.35. The highest BCUT2D eigenvalue weighted by Crippen LogP contribution is 2.25. The average molecular weight is 411 g/mol. The van der Waals surface area contributed by atoms with Crippen LogP contribution in [0.4, 0.5) is 5.69 Å². The highest BCUT2D eigenvalue weighted by Gasteiger charge is 2.19. The number of hydrogen-bond acceptors (Lipinski definition) is 4. The number of hydrogen-bond donors (Lipinski definition) is 1. The Labute approximate surface area is 180 Å². The van der Waals surface area contributed by atoms with Crippen LogP contribution in [-0.4, -0.2) is 43.2 Å². The van der Waals surface area contributed by atoms with Gasteiger partial charge in [-0.3, -0.25) is 4.79 Å². The van der Waals surface area contributed by atoms with Gasteiger partial charge in [0.05, 0.1) is 0 Å². The summed E-state index contributed by atoms with van der Waals surface area (Å²) in [6.45, 7) is 10.4. The van der Waals surface area contributed by atoms with E-state index < -0.39 is 6.10 Å². The smallest absolute Gasteiger partial charge is 0.265 e. The van der Waals surface area contributed by atoms with Crippen LogP contribution in [-0.2, 0) is 10.2 Å². The SMILES string of the molecule is CC(Oc1ccc(C(C)(C)C)cc1)C(=O)Nc1ccc(OC2CCN(C)CC2)cc1. The van der Waals surface area contributed by atoms with Gasteiger partial charge in [0.15, 0.2) is 6.10 Å². The van der Waals surface area contributed by atoms with Crippen LogP contribution in [0, 0.1) is 0 Å². The van der Waals surface area contributed by atoms with Crippen LogP contribution in [0.25, 0.3) is 0 Å². The maximum atomic E-state index is 12.5. The summed E-state index contributed by atoms with van der Waals surface area (Å²) >= 11 is 0. The number of carbonyl (C=O) groups excluding carboxylic acids is 1. The molecule has 2 aromatic rings. The molecule has 0 saturated carbocycles. The number of likely N-dealkylation sites (tertiary alicyclic amines) is 1. The summed E-state index contributed by atoms with van der Waals surface area (Å²) in [4.78, 5) is 14.8. The third-order valence-corrected chi connectivity index (χ3v) is 5.49. The van der Waals surface area contributed by atoms with Gasteiger partial charge in [-0.25, -0.2) is 0 Å². The Morgan fingerprint density at radius 3 is 2.13 bits per heavy atom. The van der Waals surface area contributed by atoms with Crippen molar-refractivity contribution in [2.24, 2.45) is 0 Å². The van der Waals surface area contributed by atoms with Crippen molar-refractivity contribution in [3.05, 3.63) is 54.1 Å². The van der Waals surface area contributed by atoms with Crippen LogP contribution >= 0.6 is 0 Å². The number of nitrogens with one attached hydrogen (secondary N) is 1. The lowest BCUT2D eigenvalue weighted by molar-refractivity contribution is -0.122. The fraction of sp³-hybridized carbons (Fsp3) is 0.480. The number of amides is 1. The van der Waals surface area contributed by atoms with E-state index in [-0.39, 0.29) is 17.4 Å². The normalized spacial score (nSPS) is 16.7. The van der Waals surface area contributed by atoms with Crippen molar-refractivity contribution in [2.45, 2.75) is 58.2 Å². The molecular weight excluding hydrogens is 376 g/mol. The third-order valence-electron chi connectivity index (χ3n) is 5.49. The second kappa shape index (κ2) is 9.52. The van der Waals surface area contributed by atoms with Gasteiger partial charge in [0.25, 0.3) is 5.91 Å². The lowest BCUT2D eigenvalue weighted by atomic mass is 9.87. The fourth-order valence-electron chi connectivity index (χ4n) is 3.45. The van der Waals surface area contributed by atoms with Gasteiger partial charge < -0.3 is 19.7 Å². The predicted molar refractivity (Wildman–Crippen MR) is 121 cm³/mol. The zero-order valence-electron chi connectivity index (χ0n) is 18.8. The van der Waals surface area contributed by atoms with Crippen molar-refractivity contribution in [1.29, 1.82) is 0 Å². The van der Waals surface area contributed by atoms with Gasteiger partial charge in [0.1, 0.15) is 17.6 Å². The highest BCUT2D eigenvalue weighted by atomic mass is 16.5. The highest BCUT2D eigenvalue weighted by molar-refractivity contribution is 5.94. The molecular formula is C25H34N2O3. The summed E-state index contributed by atoms with van der Waals surface area (Å²) in [6, 6.07) is 15.5. The van der Waals surface area contributed by atoms with E-state index in [0.717, 1.165) is 37.4 Å². The summed E-state index contributed by atoms with van der Waals surface area (Å²) in [5.74, 6) is 1.34. The first-order valence-electron chi connectivity index (χ1n) is 10.7. The standard InChI is InChI=1S/C25H34N2O3/c1-18(29-21-10-6-19(7-11-21)25(2,3)4)24(28)26-20-8-12-22(13-9-20)30-23-14-16-27(5)17-15-23/h6-13,18,23H,14-17H2,1-5H3,(H,26,28). The molecule has 3 rings (SSSR count). The summed E-state index contributed by atoms with van der Waals surface area (Å²) in [5, 5.41) is 2.91. The van der Waals surface area contributed by atoms with E-state index in [1.54, 1.807) is 6.92 Å². The molecule has 0 bridgehead atoms. The number of nitrogens with zero attached hydrogens (tertiary/aromatic N) is 1. The van der Waals surface area contributed by atoms with Gasteiger partial charge in [-0.05, 0) is 74.2 Å². The monoisotopic (exact) mass is 410 g/mol. The molecule has 0 spiro atoms. The van der Waals surface area contributed by atoms with Crippen LogP contribution in [0.2, 0.25) is 0 Å². The maximum Gasteiger partial charge on any atom is 0.265 e. The van der Waals surface area contributed by atoms with Crippen molar-refractivity contribution in [3.63, 3.8) is 0 Å². The average Bonchev–Trinajstić information content (AvgIpc) is 2.71. The van der Waals surface area contributed by atoms with Crippen molar-refractivity contribution in [3.8, 4) is 11.5 Å². The predicted octanol–water partition coefficient (Wildman–Crippen LogP) is 4.86. The molecule has 2 aromatic carbocycles. The molecule has 1 aliphatic heterocycles. The first kappa shape index (κ1) is 22.2. The molecule has 5 heteroatoms. The molecule has 1 heterocycles. The zero-order valence-corrected chi connectivity index (χ0v) is 18.8. The number of piperidine rings is 1. The van der Waals surface area contributed by atoms with E-state index in [1.165, 1.54) is 5.56 Å². The minimum Gasteiger partial charge on any atom is -0.490 e. The van der Waals surface area contributed by atoms with Crippen molar-refractivity contribution in [2.75, 3.05) is 25.5 Å². The molecule has 1 atom stereocenters. The number of benzene rings is 2. The second-order valence-corrected chi connectivity index (χ2v) is 9.17. The Bertz CT molecular complexity index is 817. The number of carbonyl (C=O) groups is 1. The van der Waals surface area contributed by atoms with E-state index in [4.69, 9.17) is 9.47 Å². The third kappa shape index (κ3) is 6.23. The largest absolute Gasteiger partial charge is 0.490 e. The minimum absolute atomic E-state index is 0.0880. The molecule has 162 valence electrons. The number of rotatable bonds is 6. The molecule has 0 aromatic heterocycles. The minimum atomic E-state index is -0.597. The Morgan fingerprint density at radius 2 is 1.57 bits per heavy atom. The maximum absolute atomic E-state index is 12.5.